The first kappa shape index (κ1) is 24.5. The highest BCUT2D eigenvalue weighted by molar-refractivity contribution is 9.10. The molecular weight excluding hydrogens is 536 g/mol. The lowest BCUT2D eigenvalue weighted by molar-refractivity contribution is -0.122. The smallest absolute Gasteiger partial charge is 0.335 e. The van der Waals surface area contributed by atoms with Crippen molar-refractivity contribution in [1.29, 1.82) is 0 Å². The van der Waals surface area contributed by atoms with Gasteiger partial charge < -0.3 is 9.47 Å². The molecule has 4 rings (SSSR count). The molecule has 0 saturated carbocycles. The van der Waals surface area contributed by atoms with Crippen LogP contribution in [0.15, 0.2) is 70.7 Å². The van der Waals surface area contributed by atoms with Gasteiger partial charge >= 0.3 is 6.03 Å². The Kier molecular flexibility index (Phi) is 7.23. The SMILES string of the molecule is COc1cc(/C=C2\C(=O)NC(=O)N(c3ccc(Br)c(C)c3)C2=O)cc(Cl)c1OCc1ccccc1. The standard InChI is InChI=1S/C26H20BrClN2O5/c1-15-10-18(8-9-20(15)27)30-25(32)19(24(31)29-26(30)33)11-17-12-21(28)23(22(13-17)34-2)35-14-16-6-4-3-5-7-16/h3-13H,14H2,1-2H3,(H,29,31,33)/b19-11+. The summed E-state index contributed by atoms with van der Waals surface area (Å²) in [7, 11) is 1.46. The van der Waals surface area contributed by atoms with Gasteiger partial charge in [0.15, 0.2) is 11.5 Å². The first-order valence-electron chi connectivity index (χ1n) is 10.5. The van der Waals surface area contributed by atoms with Gasteiger partial charge in [0.25, 0.3) is 11.8 Å². The van der Waals surface area contributed by atoms with Gasteiger partial charge in [-0.25, -0.2) is 9.69 Å². The van der Waals surface area contributed by atoms with E-state index in [0.29, 0.717) is 22.7 Å². The van der Waals surface area contributed by atoms with Gasteiger partial charge in [0, 0.05) is 4.47 Å². The average molecular weight is 556 g/mol. The van der Waals surface area contributed by atoms with Crippen molar-refractivity contribution in [2.24, 2.45) is 0 Å². The van der Waals surface area contributed by atoms with E-state index >= 15 is 0 Å². The second-order valence-electron chi connectivity index (χ2n) is 7.70. The largest absolute Gasteiger partial charge is 0.493 e. The van der Waals surface area contributed by atoms with Gasteiger partial charge in [0.2, 0.25) is 0 Å². The normalized spacial score (nSPS) is 14.8. The number of barbiturate groups is 1. The Morgan fingerprint density at radius 3 is 2.49 bits per heavy atom. The van der Waals surface area contributed by atoms with Gasteiger partial charge in [0.05, 0.1) is 17.8 Å². The van der Waals surface area contributed by atoms with Crippen LogP contribution < -0.4 is 19.7 Å². The molecule has 3 aromatic carbocycles. The molecule has 0 atom stereocenters. The number of aryl methyl sites for hydroxylation is 1. The molecule has 1 fully saturated rings. The molecule has 3 aromatic rings. The third-order valence-electron chi connectivity index (χ3n) is 5.29. The Balaban J connectivity index is 1.65. The first-order chi connectivity index (χ1) is 16.8. The second-order valence-corrected chi connectivity index (χ2v) is 8.96. The summed E-state index contributed by atoms with van der Waals surface area (Å²) in [5.74, 6) is -0.883. The minimum Gasteiger partial charge on any atom is -0.493 e. The molecule has 1 heterocycles. The lowest BCUT2D eigenvalue weighted by Crippen LogP contribution is -2.54. The van der Waals surface area contributed by atoms with Gasteiger partial charge in [-0.1, -0.05) is 57.9 Å². The van der Waals surface area contributed by atoms with Crippen molar-refractivity contribution < 1.29 is 23.9 Å². The summed E-state index contributed by atoms with van der Waals surface area (Å²) < 4.78 is 12.1. The van der Waals surface area contributed by atoms with Crippen molar-refractivity contribution in [2.45, 2.75) is 13.5 Å². The van der Waals surface area contributed by atoms with Crippen LogP contribution in [0.25, 0.3) is 6.08 Å². The van der Waals surface area contributed by atoms with Crippen molar-refractivity contribution >= 4 is 57.1 Å². The number of nitrogens with zero attached hydrogens (tertiary/aromatic N) is 1. The summed E-state index contributed by atoms with van der Waals surface area (Å²) in [5.41, 5.74) is 2.33. The number of nitrogens with one attached hydrogen (secondary N) is 1. The number of ether oxygens (including phenoxy) is 2. The predicted octanol–water partition coefficient (Wildman–Crippen LogP) is 5.66. The van der Waals surface area contributed by atoms with E-state index in [1.54, 1.807) is 30.3 Å². The molecule has 0 spiro atoms. The lowest BCUT2D eigenvalue weighted by atomic mass is 10.1. The number of amides is 4. The fraction of sp³-hybridized carbons (Fsp3) is 0.115. The molecule has 35 heavy (non-hydrogen) atoms. The Morgan fingerprint density at radius 1 is 1.06 bits per heavy atom. The number of anilines is 1. The fourth-order valence-corrected chi connectivity index (χ4v) is 4.04. The maximum absolute atomic E-state index is 13.2. The lowest BCUT2D eigenvalue weighted by Gasteiger charge is -2.26. The van der Waals surface area contributed by atoms with Crippen LogP contribution in [-0.2, 0) is 16.2 Å². The summed E-state index contributed by atoms with van der Waals surface area (Å²) in [6.45, 7) is 2.11. The maximum Gasteiger partial charge on any atom is 0.335 e. The van der Waals surface area contributed by atoms with Crippen LogP contribution in [0.5, 0.6) is 11.5 Å². The van der Waals surface area contributed by atoms with Crippen molar-refractivity contribution in [1.82, 2.24) is 5.32 Å². The van der Waals surface area contributed by atoms with E-state index in [-0.39, 0.29) is 17.2 Å². The van der Waals surface area contributed by atoms with Crippen LogP contribution in [0.1, 0.15) is 16.7 Å². The third-order valence-corrected chi connectivity index (χ3v) is 6.46. The minimum absolute atomic E-state index is 0.221. The topological polar surface area (TPSA) is 84.9 Å². The molecule has 1 N–H and O–H groups in total. The minimum atomic E-state index is -0.820. The van der Waals surface area contributed by atoms with Crippen LogP contribution in [-0.4, -0.2) is 25.0 Å². The van der Waals surface area contributed by atoms with Crippen molar-refractivity contribution in [3.8, 4) is 11.5 Å². The molecule has 0 radical (unpaired) electrons. The van der Waals surface area contributed by atoms with Crippen LogP contribution in [0.4, 0.5) is 10.5 Å². The molecule has 4 amide bonds. The molecule has 1 aliphatic heterocycles. The van der Waals surface area contributed by atoms with E-state index in [2.05, 4.69) is 21.2 Å². The number of hydrogen-bond donors (Lipinski definition) is 1. The highest BCUT2D eigenvalue weighted by atomic mass is 79.9. The zero-order valence-electron chi connectivity index (χ0n) is 18.8. The number of urea groups is 1. The Bertz CT molecular complexity index is 1360. The average Bonchev–Trinajstić information content (AvgIpc) is 2.83. The summed E-state index contributed by atoms with van der Waals surface area (Å²) in [5, 5.41) is 2.46. The number of methoxy groups -OCH3 is 1. The molecule has 0 aliphatic carbocycles. The number of halogens is 2. The van der Waals surface area contributed by atoms with Crippen LogP contribution in [0.2, 0.25) is 5.02 Å². The monoisotopic (exact) mass is 554 g/mol. The summed E-state index contributed by atoms with van der Waals surface area (Å²) in [4.78, 5) is 39.1. The molecule has 0 aromatic heterocycles. The number of hydrogen-bond acceptors (Lipinski definition) is 5. The Labute approximate surface area is 215 Å². The van der Waals surface area contributed by atoms with E-state index < -0.39 is 17.8 Å². The quantitative estimate of drug-likeness (QED) is 0.313. The van der Waals surface area contributed by atoms with Crippen LogP contribution in [0, 0.1) is 6.92 Å². The van der Waals surface area contributed by atoms with Gasteiger partial charge in [-0.2, -0.15) is 0 Å². The van der Waals surface area contributed by atoms with E-state index in [0.717, 1.165) is 20.5 Å². The molecule has 1 aliphatic rings. The van der Waals surface area contributed by atoms with Gasteiger partial charge in [-0.15, -0.1) is 0 Å². The van der Waals surface area contributed by atoms with Crippen molar-refractivity contribution in [3.63, 3.8) is 0 Å². The highest BCUT2D eigenvalue weighted by Gasteiger charge is 2.37. The molecule has 7 nitrogen and oxygen atoms in total. The number of imide groups is 2. The molecular formula is C26H20BrClN2O5. The highest BCUT2D eigenvalue weighted by Crippen LogP contribution is 2.38. The fourth-order valence-electron chi connectivity index (χ4n) is 3.52. The van der Waals surface area contributed by atoms with E-state index in [1.807, 2.05) is 37.3 Å². The van der Waals surface area contributed by atoms with Gasteiger partial charge in [0.1, 0.15) is 12.2 Å². The van der Waals surface area contributed by atoms with Gasteiger partial charge in [-0.3, -0.25) is 14.9 Å². The predicted molar refractivity (Wildman–Crippen MR) is 137 cm³/mol. The van der Waals surface area contributed by atoms with E-state index in [1.165, 1.54) is 13.2 Å². The first-order valence-corrected chi connectivity index (χ1v) is 11.7. The molecule has 178 valence electrons. The summed E-state index contributed by atoms with van der Waals surface area (Å²) >= 11 is 9.86. The van der Waals surface area contributed by atoms with E-state index in [9.17, 15) is 14.4 Å². The van der Waals surface area contributed by atoms with E-state index in [4.69, 9.17) is 21.1 Å². The van der Waals surface area contributed by atoms with Crippen molar-refractivity contribution in [2.75, 3.05) is 12.0 Å². The maximum atomic E-state index is 13.2. The number of carbonyl (C=O) groups excluding carboxylic acids is 3. The zero-order valence-corrected chi connectivity index (χ0v) is 21.1. The second kappa shape index (κ2) is 10.3. The van der Waals surface area contributed by atoms with Crippen LogP contribution in [0.3, 0.4) is 0 Å². The summed E-state index contributed by atoms with van der Waals surface area (Å²) in [6, 6.07) is 16.9. The summed E-state index contributed by atoms with van der Waals surface area (Å²) in [6.07, 6.45) is 1.36. The van der Waals surface area contributed by atoms with Gasteiger partial charge in [-0.05, 0) is 60.0 Å². The number of rotatable bonds is 6. The molecule has 0 bridgehead atoms. The molecule has 9 heteroatoms. The number of carbonyl (C=O) groups is 3. The third kappa shape index (κ3) is 5.23. The van der Waals surface area contributed by atoms with Crippen LogP contribution >= 0.6 is 27.5 Å². The number of benzene rings is 3. The molecule has 0 unspecified atom stereocenters. The zero-order chi connectivity index (χ0) is 25.1. The Morgan fingerprint density at radius 2 is 1.80 bits per heavy atom. The Hall–Kier alpha value is -3.62. The van der Waals surface area contributed by atoms with Crippen molar-refractivity contribution in [3.05, 3.63) is 92.4 Å². The molecule has 1 saturated heterocycles.